The van der Waals surface area contributed by atoms with Gasteiger partial charge >= 0.3 is 0 Å². The predicted molar refractivity (Wildman–Crippen MR) is 88.1 cm³/mol. The SMILES string of the molecule is Cc1cc(C)c(C(N)C2C3CC4CC(C3)CC2C4)c(C)c1. The van der Waals surface area contributed by atoms with Crippen LogP contribution in [0, 0.1) is 50.4 Å². The van der Waals surface area contributed by atoms with Gasteiger partial charge in [-0.1, -0.05) is 17.7 Å². The van der Waals surface area contributed by atoms with Crippen molar-refractivity contribution in [3.05, 3.63) is 34.4 Å². The Morgan fingerprint density at radius 1 is 0.857 bits per heavy atom. The standard InChI is InChI=1S/C20H29N/c1-11-4-12(2)18(13(3)5-11)20(21)19-16-7-14-6-15(9-16)10-17(19)8-14/h4-5,14-17,19-20H,6-10,21H2,1-3H3. The first-order chi connectivity index (χ1) is 10.0. The number of hydrogen-bond donors (Lipinski definition) is 1. The van der Waals surface area contributed by atoms with Gasteiger partial charge in [0.05, 0.1) is 0 Å². The summed E-state index contributed by atoms with van der Waals surface area (Å²) in [6.07, 6.45) is 7.40. The van der Waals surface area contributed by atoms with E-state index in [4.69, 9.17) is 5.73 Å². The zero-order valence-corrected chi connectivity index (χ0v) is 13.7. The molecule has 0 saturated heterocycles. The van der Waals surface area contributed by atoms with Crippen LogP contribution in [0.5, 0.6) is 0 Å². The lowest BCUT2D eigenvalue weighted by molar-refractivity contribution is -0.0473. The average Bonchev–Trinajstić information content (AvgIpc) is 2.35. The summed E-state index contributed by atoms with van der Waals surface area (Å²) in [7, 11) is 0. The smallest absolute Gasteiger partial charge is 0.0334 e. The highest BCUT2D eigenvalue weighted by Gasteiger charge is 2.50. The van der Waals surface area contributed by atoms with Crippen LogP contribution >= 0.6 is 0 Å². The van der Waals surface area contributed by atoms with E-state index in [1.807, 2.05) is 0 Å². The number of nitrogens with two attached hydrogens (primary N) is 1. The Kier molecular flexibility index (Phi) is 3.19. The lowest BCUT2D eigenvalue weighted by atomic mass is 9.50. The van der Waals surface area contributed by atoms with Gasteiger partial charge in [-0.3, -0.25) is 0 Å². The van der Waals surface area contributed by atoms with E-state index in [9.17, 15) is 0 Å². The van der Waals surface area contributed by atoms with E-state index in [1.54, 1.807) is 0 Å². The Morgan fingerprint density at radius 3 is 1.81 bits per heavy atom. The van der Waals surface area contributed by atoms with Crippen molar-refractivity contribution in [2.75, 3.05) is 0 Å². The maximum absolute atomic E-state index is 6.87. The fourth-order valence-corrected chi connectivity index (χ4v) is 6.46. The Hall–Kier alpha value is -0.820. The summed E-state index contributed by atoms with van der Waals surface area (Å²) in [5.74, 6) is 4.65. The van der Waals surface area contributed by atoms with E-state index in [-0.39, 0.29) is 6.04 Å². The topological polar surface area (TPSA) is 26.0 Å². The second kappa shape index (κ2) is 4.84. The number of rotatable bonds is 2. The molecule has 1 unspecified atom stereocenters. The van der Waals surface area contributed by atoms with E-state index in [0.717, 1.165) is 29.6 Å². The van der Waals surface area contributed by atoms with Crippen LogP contribution in [0.4, 0.5) is 0 Å². The van der Waals surface area contributed by atoms with Crippen LogP contribution < -0.4 is 5.73 Å². The molecular weight excluding hydrogens is 254 g/mol. The van der Waals surface area contributed by atoms with Crippen LogP contribution in [0.25, 0.3) is 0 Å². The van der Waals surface area contributed by atoms with Gasteiger partial charge in [-0.25, -0.2) is 0 Å². The van der Waals surface area contributed by atoms with E-state index >= 15 is 0 Å². The van der Waals surface area contributed by atoms with Crippen LogP contribution in [0.1, 0.15) is 60.4 Å². The molecule has 1 aromatic carbocycles. The number of hydrogen-bond acceptors (Lipinski definition) is 1. The molecular formula is C20H29N. The van der Waals surface area contributed by atoms with Crippen molar-refractivity contribution < 1.29 is 0 Å². The second-order valence-electron chi connectivity index (χ2n) is 8.35. The Labute approximate surface area is 129 Å². The predicted octanol–water partition coefficient (Wildman–Crippen LogP) is 4.68. The van der Waals surface area contributed by atoms with E-state index in [1.165, 1.54) is 54.4 Å². The van der Waals surface area contributed by atoms with Crippen molar-refractivity contribution in [2.45, 2.75) is 58.9 Å². The summed E-state index contributed by atoms with van der Waals surface area (Å²) in [4.78, 5) is 0. The van der Waals surface area contributed by atoms with Crippen molar-refractivity contribution in [3.8, 4) is 0 Å². The molecule has 114 valence electrons. The molecule has 5 rings (SSSR count). The molecule has 4 aliphatic carbocycles. The maximum Gasteiger partial charge on any atom is 0.0334 e. The van der Waals surface area contributed by atoms with Gasteiger partial charge in [0.2, 0.25) is 0 Å². The molecule has 1 heteroatoms. The molecule has 0 spiro atoms. The third kappa shape index (κ3) is 2.16. The Balaban J connectivity index is 1.68. The lowest BCUT2D eigenvalue weighted by Gasteiger charge is -2.56. The van der Waals surface area contributed by atoms with E-state index in [0.29, 0.717) is 0 Å². The maximum atomic E-state index is 6.87. The van der Waals surface area contributed by atoms with Gasteiger partial charge in [0.15, 0.2) is 0 Å². The molecule has 4 bridgehead atoms. The first-order valence-electron chi connectivity index (χ1n) is 8.86. The molecule has 1 atom stereocenters. The van der Waals surface area contributed by atoms with Crippen molar-refractivity contribution in [3.63, 3.8) is 0 Å². The second-order valence-corrected chi connectivity index (χ2v) is 8.35. The average molecular weight is 283 g/mol. The monoisotopic (exact) mass is 283 g/mol. The summed E-state index contributed by atoms with van der Waals surface area (Å²) < 4.78 is 0. The molecule has 21 heavy (non-hydrogen) atoms. The quantitative estimate of drug-likeness (QED) is 0.837. The van der Waals surface area contributed by atoms with Gasteiger partial charge in [-0.2, -0.15) is 0 Å². The van der Waals surface area contributed by atoms with E-state index in [2.05, 4.69) is 32.9 Å². The summed E-state index contributed by atoms with van der Waals surface area (Å²) in [5, 5.41) is 0. The van der Waals surface area contributed by atoms with Crippen LogP contribution in [0.3, 0.4) is 0 Å². The molecule has 4 aliphatic rings. The molecule has 0 aliphatic heterocycles. The van der Waals surface area contributed by atoms with Crippen molar-refractivity contribution in [1.82, 2.24) is 0 Å². The van der Waals surface area contributed by atoms with Gasteiger partial charge in [-0.15, -0.1) is 0 Å². The zero-order valence-electron chi connectivity index (χ0n) is 13.7. The van der Waals surface area contributed by atoms with Crippen LogP contribution in [0.2, 0.25) is 0 Å². The molecule has 0 radical (unpaired) electrons. The Bertz CT molecular complexity index is 508. The highest BCUT2D eigenvalue weighted by Crippen LogP contribution is 2.59. The van der Waals surface area contributed by atoms with Crippen molar-refractivity contribution >= 4 is 0 Å². The van der Waals surface area contributed by atoms with Gasteiger partial charge in [0, 0.05) is 6.04 Å². The van der Waals surface area contributed by atoms with Gasteiger partial charge < -0.3 is 5.73 Å². The van der Waals surface area contributed by atoms with Crippen LogP contribution in [0.15, 0.2) is 12.1 Å². The fourth-order valence-electron chi connectivity index (χ4n) is 6.46. The molecule has 1 aromatic rings. The number of benzene rings is 1. The van der Waals surface area contributed by atoms with Gasteiger partial charge in [0.25, 0.3) is 0 Å². The molecule has 1 nitrogen and oxygen atoms in total. The van der Waals surface area contributed by atoms with Crippen molar-refractivity contribution in [2.24, 2.45) is 35.3 Å². The third-order valence-corrected chi connectivity index (χ3v) is 6.79. The summed E-state index contributed by atoms with van der Waals surface area (Å²) in [6, 6.07) is 4.90. The zero-order chi connectivity index (χ0) is 14.7. The third-order valence-electron chi connectivity index (χ3n) is 6.79. The summed E-state index contributed by atoms with van der Waals surface area (Å²) in [5.41, 5.74) is 12.5. The minimum absolute atomic E-state index is 0.264. The first-order valence-corrected chi connectivity index (χ1v) is 8.86. The molecule has 0 aromatic heterocycles. The largest absolute Gasteiger partial charge is 0.324 e. The van der Waals surface area contributed by atoms with Gasteiger partial charge in [0.1, 0.15) is 0 Å². The molecule has 0 amide bonds. The fraction of sp³-hybridized carbons (Fsp3) is 0.700. The highest BCUT2D eigenvalue weighted by atomic mass is 14.7. The molecule has 2 N–H and O–H groups in total. The Morgan fingerprint density at radius 2 is 1.33 bits per heavy atom. The first kappa shape index (κ1) is 13.8. The normalized spacial score (nSPS) is 38.8. The molecule has 4 fully saturated rings. The summed E-state index contributed by atoms with van der Waals surface area (Å²) >= 11 is 0. The van der Waals surface area contributed by atoms with Crippen LogP contribution in [-0.4, -0.2) is 0 Å². The lowest BCUT2D eigenvalue weighted by Crippen LogP contribution is -2.48. The highest BCUT2D eigenvalue weighted by molar-refractivity contribution is 5.40. The minimum Gasteiger partial charge on any atom is -0.324 e. The van der Waals surface area contributed by atoms with Gasteiger partial charge in [-0.05, 0) is 99.2 Å². The minimum atomic E-state index is 0.264. The van der Waals surface area contributed by atoms with Crippen molar-refractivity contribution in [1.29, 1.82) is 0 Å². The molecule has 0 heterocycles. The van der Waals surface area contributed by atoms with Crippen LogP contribution in [-0.2, 0) is 0 Å². The molecule has 4 saturated carbocycles. The number of aryl methyl sites for hydroxylation is 3. The summed E-state index contributed by atoms with van der Waals surface area (Å²) in [6.45, 7) is 6.70. The van der Waals surface area contributed by atoms with E-state index < -0.39 is 0 Å².